The van der Waals surface area contributed by atoms with Crippen LogP contribution in [0.4, 0.5) is 10.8 Å². The summed E-state index contributed by atoms with van der Waals surface area (Å²) in [7, 11) is 0. The van der Waals surface area contributed by atoms with Crippen molar-refractivity contribution in [2.45, 2.75) is 33.6 Å². The average Bonchev–Trinajstić information content (AvgIpc) is 2.84. The van der Waals surface area contributed by atoms with Crippen molar-refractivity contribution in [3.05, 3.63) is 40.4 Å². The molecule has 4 nitrogen and oxygen atoms in total. The number of carbonyl (C=O) groups is 1. The largest absolute Gasteiger partial charge is 0.477 e. The molecule has 1 aromatic heterocycles. The molecular weight excluding hydrogens is 284 g/mol. The zero-order valence-corrected chi connectivity index (χ0v) is 13.4. The summed E-state index contributed by atoms with van der Waals surface area (Å²) < 4.78 is 0. The maximum absolute atomic E-state index is 11.4. The maximum atomic E-state index is 11.4. The lowest BCUT2D eigenvalue weighted by Gasteiger charge is -2.20. The maximum Gasteiger partial charge on any atom is 0.347 e. The van der Waals surface area contributed by atoms with Gasteiger partial charge in [-0.15, -0.1) is 0 Å². The summed E-state index contributed by atoms with van der Waals surface area (Å²) in [5.41, 5.74) is 2.91. The van der Waals surface area contributed by atoms with Crippen LogP contribution in [0.25, 0.3) is 0 Å². The number of carboxylic acids is 1. The Morgan fingerprint density at radius 3 is 2.71 bits per heavy atom. The summed E-state index contributed by atoms with van der Waals surface area (Å²) in [6, 6.07) is 8.17. The topological polar surface area (TPSA) is 53.4 Å². The SMILES string of the molecule is CCCc1nc(N(CC)c2cccc(C)c2)sc1C(=O)O. The number of anilines is 2. The first kappa shape index (κ1) is 15.5. The van der Waals surface area contributed by atoms with E-state index in [9.17, 15) is 9.90 Å². The zero-order valence-electron chi connectivity index (χ0n) is 12.6. The first-order valence-electron chi connectivity index (χ1n) is 7.14. The average molecular weight is 304 g/mol. The summed E-state index contributed by atoms with van der Waals surface area (Å²) in [5.74, 6) is -0.887. The molecule has 1 aromatic carbocycles. The van der Waals surface area contributed by atoms with Crippen LogP contribution in [0, 0.1) is 6.92 Å². The lowest BCUT2D eigenvalue weighted by molar-refractivity contribution is 0.0700. The molecule has 2 rings (SSSR count). The number of aryl methyl sites for hydroxylation is 2. The third-order valence-corrected chi connectivity index (χ3v) is 4.34. The number of aromatic carboxylic acids is 1. The molecule has 5 heteroatoms. The lowest BCUT2D eigenvalue weighted by atomic mass is 10.2. The van der Waals surface area contributed by atoms with Crippen LogP contribution in [0.1, 0.15) is 41.2 Å². The number of nitrogens with zero attached hydrogens (tertiary/aromatic N) is 2. The Morgan fingerprint density at radius 2 is 2.14 bits per heavy atom. The normalized spacial score (nSPS) is 10.6. The smallest absolute Gasteiger partial charge is 0.347 e. The number of hydrogen-bond donors (Lipinski definition) is 1. The number of aromatic nitrogens is 1. The molecule has 0 saturated heterocycles. The van der Waals surface area contributed by atoms with Gasteiger partial charge in [-0.3, -0.25) is 0 Å². The van der Waals surface area contributed by atoms with Crippen molar-refractivity contribution < 1.29 is 9.90 Å². The van der Waals surface area contributed by atoms with Crippen molar-refractivity contribution in [2.75, 3.05) is 11.4 Å². The molecule has 0 aliphatic heterocycles. The van der Waals surface area contributed by atoms with Crippen LogP contribution in [-0.2, 0) is 6.42 Å². The predicted octanol–water partition coefficient (Wildman–Crippen LogP) is 4.26. The van der Waals surface area contributed by atoms with E-state index in [2.05, 4.69) is 16.0 Å². The van der Waals surface area contributed by atoms with Crippen LogP contribution in [-0.4, -0.2) is 22.6 Å². The second-order valence-electron chi connectivity index (χ2n) is 4.91. The molecule has 0 saturated carbocycles. The van der Waals surface area contributed by atoms with E-state index in [0.29, 0.717) is 17.0 Å². The van der Waals surface area contributed by atoms with Gasteiger partial charge in [0, 0.05) is 12.2 Å². The molecule has 0 bridgehead atoms. The highest BCUT2D eigenvalue weighted by Crippen LogP contribution is 2.32. The molecule has 0 aliphatic carbocycles. The minimum Gasteiger partial charge on any atom is -0.477 e. The van der Waals surface area contributed by atoms with E-state index >= 15 is 0 Å². The molecule has 0 aliphatic rings. The van der Waals surface area contributed by atoms with Crippen molar-refractivity contribution in [3.8, 4) is 0 Å². The molecule has 1 heterocycles. The highest BCUT2D eigenvalue weighted by Gasteiger charge is 2.20. The van der Waals surface area contributed by atoms with E-state index < -0.39 is 5.97 Å². The summed E-state index contributed by atoms with van der Waals surface area (Å²) in [6.07, 6.45) is 1.59. The van der Waals surface area contributed by atoms with Crippen molar-refractivity contribution >= 4 is 28.1 Å². The first-order valence-corrected chi connectivity index (χ1v) is 7.95. The van der Waals surface area contributed by atoms with Crippen molar-refractivity contribution in [2.24, 2.45) is 0 Å². The van der Waals surface area contributed by atoms with E-state index in [1.165, 1.54) is 16.9 Å². The summed E-state index contributed by atoms with van der Waals surface area (Å²) in [4.78, 5) is 18.3. The summed E-state index contributed by atoms with van der Waals surface area (Å²) in [5, 5.41) is 10.1. The van der Waals surface area contributed by atoms with Gasteiger partial charge >= 0.3 is 5.97 Å². The van der Waals surface area contributed by atoms with Crippen LogP contribution in [0.3, 0.4) is 0 Å². The van der Waals surface area contributed by atoms with Gasteiger partial charge in [0.2, 0.25) is 0 Å². The standard InChI is InChI=1S/C16H20N2O2S/c1-4-7-13-14(15(19)20)21-16(17-13)18(5-2)12-9-6-8-11(3)10-12/h6,8-10H,4-5,7H2,1-3H3,(H,19,20). The number of benzene rings is 1. The fourth-order valence-corrected chi connectivity index (χ4v) is 3.29. The second-order valence-corrected chi connectivity index (χ2v) is 5.89. The molecule has 1 N–H and O–H groups in total. The number of hydrogen-bond acceptors (Lipinski definition) is 4. The monoisotopic (exact) mass is 304 g/mol. The van der Waals surface area contributed by atoms with Crippen molar-refractivity contribution in [1.82, 2.24) is 4.98 Å². The molecule has 0 unspecified atom stereocenters. The summed E-state index contributed by atoms with van der Waals surface area (Å²) in [6.45, 7) is 6.87. The van der Waals surface area contributed by atoms with Gasteiger partial charge in [-0.05, 0) is 38.0 Å². The van der Waals surface area contributed by atoms with Crippen LogP contribution in [0.15, 0.2) is 24.3 Å². The molecule has 0 atom stereocenters. The molecule has 0 fully saturated rings. The zero-order chi connectivity index (χ0) is 15.4. The minimum atomic E-state index is -0.887. The Bertz CT molecular complexity index is 637. The second kappa shape index (κ2) is 6.72. The minimum absolute atomic E-state index is 0.359. The van der Waals surface area contributed by atoms with Crippen LogP contribution in [0.2, 0.25) is 0 Å². The molecule has 21 heavy (non-hydrogen) atoms. The van der Waals surface area contributed by atoms with Crippen LogP contribution < -0.4 is 4.90 Å². The molecule has 2 aromatic rings. The van der Waals surface area contributed by atoms with E-state index in [-0.39, 0.29) is 0 Å². The van der Waals surface area contributed by atoms with E-state index in [1.54, 1.807) is 0 Å². The molecular formula is C16H20N2O2S. The van der Waals surface area contributed by atoms with Gasteiger partial charge in [0.15, 0.2) is 5.13 Å². The van der Waals surface area contributed by atoms with Crippen LogP contribution >= 0.6 is 11.3 Å². The third kappa shape index (κ3) is 3.42. The summed E-state index contributed by atoms with van der Waals surface area (Å²) >= 11 is 1.26. The number of rotatable bonds is 6. The number of carboxylic acid groups (broad SMARTS) is 1. The number of thiazole rings is 1. The molecule has 0 radical (unpaired) electrons. The van der Waals surface area contributed by atoms with Gasteiger partial charge in [-0.2, -0.15) is 0 Å². The Morgan fingerprint density at radius 1 is 1.38 bits per heavy atom. The molecule has 112 valence electrons. The van der Waals surface area contributed by atoms with Crippen molar-refractivity contribution in [1.29, 1.82) is 0 Å². The highest BCUT2D eigenvalue weighted by atomic mass is 32.1. The fraction of sp³-hybridized carbons (Fsp3) is 0.375. The van der Waals surface area contributed by atoms with Gasteiger partial charge < -0.3 is 10.0 Å². The Hall–Kier alpha value is -1.88. The Balaban J connectivity index is 2.43. The Kier molecular flexibility index (Phi) is 4.96. The first-order chi connectivity index (χ1) is 10.1. The highest BCUT2D eigenvalue weighted by molar-refractivity contribution is 7.17. The van der Waals surface area contributed by atoms with Crippen LogP contribution in [0.5, 0.6) is 0 Å². The third-order valence-electron chi connectivity index (χ3n) is 3.23. The van der Waals surface area contributed by atoms with E-state index in [1.807, 2.05) is 39.0 Å². The van der Waals surface area contributed by atoms with E-state index in [4.69, 9.17) is 0 Å². The molecule has 0 amide bonds. The van der Waals surface area contributed by atoms with Gasteiger partial charge in [0.1, 0.15) is 4.88 Å². The Labute approximate surface area is 129 Å². The fourth-order valence-electron chi connectivity index (χ4n) is 2.25. The quantitative estimate of drug-likeness (QED) is 0.866. The predicted molar refractivity (Wildman–Crippen MR) is 86.9 cm³/mol. The van der Waals surface area contributed by atoms with Gasteiger partial charge in [-0.1, -0.05) is 36.8 Å². The van der Waals surface area contributed by atoms with Gasteiger partial charge in [-0.25, -0.2) is 9.78 Å². The lowest BCUT2D eigenvalue weighted by Crippen LogP contribution is -2.15. The van der Waals surface area contributed by atoms with Gasteiger partial charge in [0.05, 0.1) is 5.69 Å². The molecule has 0 spiro atoms. The van der Waals surface area contributed by atoms with Gasteiger partial charge in [0.25, 0.3) is 0 Å². The van der Waals surface area contributed by atoms with Crippen molar-refractivity contribution in [3.63, 3.8) is 0 Å². The van der Waals surface area contributed by atoms with E-state index in [0.717, 1.165) is 23.8 Å².